The molecule has 3 atom stereocenters. The highest BCUT2D eigenvalue weighted by atomic mass is 127. The third-order valence-electron chi connectivity index (χ3n) is 3.90. The van der Waals surface area contributed by atoms with Gasteiger partial charge in [-0.3, -0.25) is 0 Å². The van der Waals surface area contributed by atoms with Crippen molar-refractivity contribution in [1.29, 1.82) is 0 Å². The highest BCUT2D eigenvalue weighted by Crippen LogP contribution is 2.43. The molecule has 2 N–H and O–H groups in total. The van der Waals surface area contributed by atoms with E-state index in [-0.39, 0.29) is 41.9 Å². The van der Waals surface area contributed by atoms with Gasteiger partial charge in [0.25, 0.3) is 0 Å². The molecule has 1 heterocycles. The molecule has 3 unspecified atom stereocenters. The van der Waals surface area contributed by atoms with Gasteiger partial charge in [-0.2, -0.15) is 0 Å². The second kappa shape index (κ2) is 6.91. The fourth-order valence-electron chi connectivity index (χ4n) is 2.70. The molecule has 1 aromatic rings. The van der Waals surface area contributed by atoms with Crippen molar-refractivity contribution in [2.75, 3.05) is 19.7 Å². The molecule has 1 saturated carbocycles. The van der Waals surface area contributed by atoms with Crippen molar-refractivity contribution in [3.63, 3.8) is 0 Å². The molecule has 0 radical (unpaired) electrons. The van der Waals surface area contributed by atoms with Crippen LogP contribution in [0.5, 0.6) is 0 Å². The summed E-state index contributed by atoms with van der Waals surface area (Å²) >= 11 is 0. The average molecular weight is 405 g/mol. The number of benzene rings is 1. The number of hydrogen-bond donors (Lipinski definition) is 1. The highest BCUT2D eigenvalue weighted by Gasteiger charge is 2.39. The van der Waals surface area contributed by atoms with Crippen LogP contribution in [0, 0.1) is 5.82 Å². The molecule has 1 saturated heterocycles. The fourth-order valence-corrected chi connectivity index (χ4v) is 2.70. The number of nitrogens with zero attached hydrogens (tertiary/aromatic N) is 2. The molecule has 1 aliphatic heterocycles. The van der Waals surface area contributed by atoms with Crippen molar-refractivity contribution >= 4 is 29.9 Å². The first-order valence-corrected chi connectivity index (χ1v) is 7.09. The highest BCUT2D eigenvalue weighted by molar-refractivity contribution is 14.0. The number of guanidine groups is 1. The van der Waals surface area contributed by atoms with Crippen molar-refractivity contribution in [3.8, 4) is 0 Å². The van der Waals surface area contributed by atoms with Crippen LogP contribution in [0.4, 0.5) is 4.39 Å². The summed E-state index contributed by atoms with van der Waals surface area (Å²) in [6.07, 6.45) is 1.14. The molecule has 4 nitrogen and oxygen atoms in total. The van der Waals surface area contributed by atoms with E-state index >= 15 is 0 Å². The lowest BCUT2D eigenvalue weighted by Crippen LogP contribution is -2.48. The van der Waals surface area contributed by atoms with Gasteiger partial charge < -0.3 is 15.4 Å². The van der Waals surface area contributed by atoms with Gasteiger partial charge in [-0.1, -0.05) is 12.1 Å². The Morgan fingerprint density at radius 2 is 2.29 bits per heavy atom. The Bertz CT molecular complexity index is 525. The standard InChI is InChI=1S/C15H20FN3O.HI/c1-10-9-19(5-6-20-10)15(17)18-14-8-13(14)11-3-2-4-12(16)7-11;/h2-4,7,10,13-14H,5-6,8-9H2,1H3,(H2,17,18);1H. The Morgan fingerprint density at radius 1 is 1.48 bits per heavy atom. The topological polar surface area (TPSA) is 50.8 Å². The zero-order chi connectivity index (χ0) is 14.1. The van der Waals surface area contributed by atoms with Gasteiger partial charge in [0, 0.05) is 19.0 Å². The summed E-state index contributed by atoms with van der Waals surface area (Å²) in [6.45, 7) is 4.30. The van der Waals surface area contributed by atoms with Crippen molar-refractivity contribution in [3.05, 3.63) is 35.6 Å². The lowest BCUT2D eigenvalue weighted by molar-refractivity contribution is 0.00528. The molecule has 21 heavy (non-hydrogen) atoms. The van der Waals surface area contributed by atoms with Crippen LogP contribution in [0.15, 0.2) is 29.3 Å². The van der Waals surface area contributed by atoms with E-state index in [0.29, 0.717) is 18.5 Å². The lowest BCUT2D eigenvalue weighted by atomic mass is 10.1. The number of halogens is 2. The number of nitrogens with two attached hydrogens (primary N) is 1. The van der Waals surface area contributed by atoms with E-state index in [9.17, 15) is 4.39 Å². The largest absolute Gasteiger partial charge is 0.375 e. The van der Waals surface area contributed by atoms with Gasteiger partial charge in [0.05, 0.1) is 18.8 Å². The van der Waals surface area contributed by atoms with Gasteiger partial charge in [-0.25, -0.2) is 9.38 Å². The first kappa shape index (κ1) is 16.5. The maximum Gasteiger partial charge on any atom is 0.191 e. The van der Waals surface area contributed by atoms with E-state index in [1.54, 1.807) is 12.1 Å². The van der Waals surface area contributed by atoms with Crippen molar-refractivity contribution in [2.24, 2.45) is 10.7 Å². The van der Waals surface area contributed by atoms with Gasteiger partial charge in [0.15, 0.2) is 5.96 Å². The maximum absolute atomic E-state index is 13.2. The maximum atomic E-state index is 13.2. The van der Waals surface area contributed by atoms with E-state index in [2.05, 4.69) is 9.89 Å². The van der Waals surface area contributed by atoms with Crippen molar-refractivity contribution < 1.29 is 9.13 Å². The second-order valence-corrected chi connectivity index (χ2v) is 5.58. The molecule has 1 aliphatic carbocycles. The molecule has 1 aromatic carbocycles. The van der Waals surface area contributed by atoms with Crippen LogP contribution >= 0.6 is 24.0 Å². The van der Waals surface area contributed by atoms with E-state index < -0.39 is 0 Å². The first-order chi connectivity index (χ1) is 9.63. The van der Waals surface area contributed by atoms with Crippen LogP contribution in [0.2, 0.25) is 0 Å². The quantitative estimate of drug-likeness (QED) is 0.467. The summed E-state index contributed by atoms with van der Waals surface area (Å²) in [7, 11) is 0. The van der Waals surface area contributed by atoms with E-state index in [1.165, 1.54) is 6.07 Å². The Labute approximate surface area is 141 Å². The van der Waals surface area contributed by atoms with Gasteiger partial charge in [-0.05, 0) is 31.0 Å². The normalized spacial score (nSPS) is 29.0. The molecule has 0 spiro atoms. The molecule has 2 aliphatic rings. The molecular weight excluding hydrogens is 384 g/mol. The minimum atomic E-state index is -0.188. The molecule has 3 rings (SSSR count). The number of ether oxygens (including phenoxy) is 1. The van der Waals surface area contributed by atoms with Crippen LogP contribution in [0.25, 0.3) is 0 Å². The van der Waals surface area contributed by atoms with Gasteiger partial charge in [0.1, 0.15) is 5.82 Å². The SMILES string of the molecule is CC1CN(C(N)=NC2CC2c2cccc(F)c2)CCO1.I. The van der Waals surface area contributed by atoms with E-state index in [0.717, 1.165) is 25.1 Å². The monoisotopic (exact) mass is 405 g/mol. The zero-order valence-electron chi connectivity index (χ0n) is 12.0. The molecule has 6 heteroatoms. The second-order valence-electron chi connectivity index (χ2n) is 5.58. The third-order valence-corrected chi connectivity index (χ3v) is 3.90. The summed E-state index contributed by atoms with van der Waals surface area (Å²) in [5.41, 5.74) is 7.08. The van der Waals surface area contributed by atoms with Gasteiger partial charge >= 0.3 is 0 Å². The smallest absolute Gasteiger partial charge is 0.191 e. The molecule has 2 fully saturated rings. The number of morpholine rings is 1. The van der Waals surface area contributed by atoms with Gasteiger partial charge in [-0.15, -0.1) is 24.0 Å². The summed E-state index contributed by atoms with van der Waals surface area (Å²) in [6, 6.07) is 6.95. The Morgan fingerprint density at radius 3 is 3.00 bits per heavy atom. The molecular formula is C15H21FIN3O. The summed E-state index contributed by atoms with van der Waals surface area (Å²) in [4.78, 5) is 6.64. The molecule has 116 valence electrons. The number of hydrogen-bond acceptors (Lipinski definition) is 2. The minimum Gasteiger partial charge on any atom is -0.375 e. The molecule has 0 bridgehead atoms. The van der Waals surface area contributed by atoms with Crippen LogP contribution in [0.3, 0.4) is 0 Å². The van der Waals surface area contributed by atoms with E-state index in [1.807, 2.05) is 13.0 Å². The summed E-state index contributed by atoms with van der Waals surface area (Å²) in [5, 5.41) is 0. The van der Waals surface area contributed by atoms with Gasteiger partial charge in [0.2, 0.25) is 0 Å². The first-order valence-electron chi connectivity index (χ1n) is 7.09. The van der Waals surface area contributed by atoms with Crippen molar-refractivity contribution in [1.82, 2.24) is 4.90 Å². The minimum absolute atomic E-state index is 0. The zero-order valence-corrected chi connectivity index (χ0v) is 14.4. The van der Waals surface area contributed by atoms with E-state index in [4.69, 9.17) is 10.5 Å². The predicted molar refractivity (Wildman–Crippen MR) is 91.6 cm³/mol. The summed E-state index contributed by atoms with van der Waals surface area (Å²) < 4.78 is 18.7. The van der Waals surface area contributed by atoms with Crippen molar-refractivity contribution in [2.45, 2.75) is 31.4 Å². The lowest BCUT2D eigenvalue weighted by Gasteiger charge is -2.31. The van der Waals surface area contributed by atoms with Crippen LogP contribution in [-0.4, -0.2) is 42.7 Å². The summed E-state index contributed by atoms with van der Waals surface area (Å²) in [5.74, 6) is 0.707. The average Bonchev–Trinajstić information content (AvgIpc) is 3.18. The Hall–Kier alpha value is -0.890. The predicted octanol–water partition coefficient (Wildman–Crippen LogP) is 2.34. The number of aliphatic imine (C=N–C) groups is 1. The molecule has 0 amide bonds. The Kier molecular flexibility index (Phi) is 5.43. The third kappa shape index (κ3) is 4.06. The van der Waals surface area contributed by atoms with Crippen LogP contribution in [-0.2, 0) is 4.74 Å². The fraction of sp³-hybridized carbons (Fsp3) is 0.533. The Balaban J connectivity index is 0.00000161. The molecule has 0 aromatic heterocycles. The number of rotatable bonds is 2. The van der Waals surface area contributed by atoms with Crippen LogP contribution in [0.1, 0.15) is 24.8 Å². The van der Waals surface area contributed by atoms with Crippen LogP contribution < -0.4 is 5.73 Å².